The summed E-state index contributed by atoms with van der Waals surface area (Å²) in [6.07, 6.45) is 10.7. The van der Waals surface area contributed by atoms with Crippen molar-refractivity contribution < 1.29 is 14.6 Å². The van der Waals surface area contributed by atoms with Crippen LogP contribution in [0.5, 0.6) is 0 Å². The molecule has 3 heteroatoms. The number of fused-ring (bicyclic) bond motifs is 1. The summed E-state index contributed by atoms with van der Waals surface area (Å²) in [4.78, 5) is 0. The molecule has 0 aromatic carbocycles. The maximum atomic E-state index is 9.53. The third-order valence-corrected chi connectivity index (χ3v) is 5.31. The molecule has 1 aliphatic carbocycles. The lowest BCUT2D eigenvalue weighted by molar-refractivity contribution is -0.173. The number of allylic oxidation sites excluding steroid dienone is 3. The molecule has 3 nitrogen and oxygen atoms in total. The molecule has 1 heterocycles. The van der Waals surface area contributed by atoms with E-state index in [0.29, 0.717) is 18.4 Å². The fraction of sp³-hybridized carbons (Fsp3) is 0.680. The molecule has 0 bridgehead atoms. The highest BCUT2D eigenvalue weighted by molar-refractivity contribution is 5.15. The first-order chi connectivity index (χ1) is 13.2. The molecule has 2 aliphatic rings. The average molecular weight is 391 g/mol. The van der Waals surface area contributed by atoms with Crippen LogP contribution in [-0.4, -0.2) is 30.7 Å². The monoisotopic (exact) mass is 390 g/mol. The predicted octanol–water partition coefficient (Wildman–Crippen LogP) is 6.36. The molecule has 28 heavy (non-hydrogen) atoms. The molecule has 2 rings (SSSR count). The van der Waals surface area contributed by atoms with E-state index >= 15 is 0 Å². The molecule has 0 aromatic heterocycles. The Labute approximate surface area is 173 Å². The maximum Gasteiger partial charge on any atom is 0.177 e. The largest absolute Gasteiger partial charge is 0.392 e. The molecule has 0 aromatic rings. The Balaban J connectivity index is 0.000000370. The lowest BCUT2D eigenvalue weighted by Crippen LogP contribution is -2.40. The van der Waals surface area contributed by atoms with Crippen molar-refractivity contribution in [2.75, 3.05) is 13.2 Å². The van der Waals surface area contributed by atoms with Crippen LogP contribution in [0.25, 0.3) is 0 Å². The van der Waals surface area contributed by atoms with Crippen molar-refractivity contribution in [2.45, 2.75) is 85.5 Å². The van der Waals surface area contributed by atoms with Crippen molar-refractivity contribution >= 4 is 0 Å². The number of rotatable bonds is 8. The quantitative estimate of drug-likeness (QED) is 0.490. The molecule has 0 amide bonds. The van der Waals surface area contributed by atoms with E-state index in [9.17, 15) is 5.11 Å². The number of aliphatic hydroxyl groups excluding tert-OH is 1. The molecule has 0 saturated heterocycles. The van der Waals surface area contributed by atoms with Crippen LogP contribution in [-0.2, 0) is 9.47 Å². The van der Waals surface area contributed by atoms with Gasteiger partial charge in [0.2, 0.25) is 0 Å². The van der Waals surface area contributed by atoms with Crippen LogP contribution in [0.4, 0.5) is 0 Å². The molecular formula is C25H42O3. The van der Waals surface area contributed by atoms with Gasteiger partial charge in [0.25, 0.3) is 0 Å². The van der Waals surface area contributed by atoms with E-state index in [1.165, 1.54) is 17.6 Å². The second-order valence-corrected chi connectivity index (χ2v) is 8.82. The van der Waals surface area contributed by atoms with Crippen molar-refractivity contribution in [2.24, 2.45) is 11.8 Å². The van der Waals surface area contributed by atoms with Crippen molar-refractivity contribution in [1.29, 1.82) is 0 Å². The summed E-state index contributed by atoms with van der Waals surface area (Å²) in [5.41, 5.74) is 4.89. The lowest BCUT2D eigenvalue weighted by atomic mass is 9.76. The standard InChI is InChI=1S/C16H26O3.C9H16/c1-11(2)6-7-18-16-9-13(10-17)14-5-4-12(3)8-15(14)19-16;1-8(2)6-5-7-9(3)4/h9,12,14-17H,1,4-8,10H2,2-3H3;7H,1,5-6H2,2-4H3/t12?,14?,15-,16?;/m1./s1. The van der Waals surface area contributed by atoms with Crippen molar-refractivity contribution in [3.63, 3.8) is 0 Å². The van der Waals surface area contributed by atoms with Crippen LogP contribution in [0.1, 0.15) is 73.1 Å². The first-order valence-electron chi connectivity index (χ1n) is 10.7. The Morgan fingerprint density at radius 2 is 1.86 bits per heavy atom. The van der Waals surface area contributed by atoms with E-state index in [1.54, 1.807) is 0 Å². The molecule has 1 N–H and O–H groups in total. The zero-order chi connectivity index (χ0) is 21.1. The second-order valence-electron chi connectivity index (χ2n) is 8.82. The molecule has 3 unspecified atom stereocenters. The molecule has 1 saturated carbocycles. The highest BCUT2D eigenvalue weighted by atomic mass is 16.7. The summed E-state index contributed by atoms with van der Waals surface area (Å²) in [6.45, 7) is 19.0. The molecule has 0 radical (unpaired) electrons. The Kier molecular flexibility index (Phi) is 11.7. The lowest BCUT2D eigenvalue weighted by Gasteiger charge is -2.40. The third-order valence-electron chi connectivity index (χ3n) is 5.31. The van der Waals surface area contributed by atoms with Gasteiger partial charge in [0.05, 0.1) is 19.3 Å². The minimum absolute atomic E-state index is 0.124. The number of hydrogen-bond donors (Lipinski definition) is 1. The highest BCUT2D eigenvalue weighted by Crippen LogP contribution is 2.38. The fourth-order valence-electron chi connectivity index (χ4n) is 3.63. The number of ether oxygens (including phenoxy) is 2. The highest BCUT2D eigenvalue weighted by Gasteiger charge is 2.36. The van der Waals surface area contributed by atoms with Crippen LogP contribution in [0, 0.1) is 11.8 Å². The van der Waals surface area contributed by atoms with Gasteiger partial charge in [-0.15, -0.1) is 13.2 Å². The van der Waals surface area contributed by atoms with Gasteiger partial charge in [0.1, 0.15) is 0 Å². The molecule has 0 spiro atoms. The van der Waals surface area contributed by atoms with E-state index in [0.717, 1.165) is 43.3 Å². The minimum Gasteiger partial charge on any atom is -0.392 e. The van der Waals surface area contributed by atoms with Crippen molar-refractivity contribution in [1.82, 2.24) is 0 Å². The fourth-order valence-corrected chi connectivity index (χ4v) is 3.63. The average Bonchev–Trinajstić information content (AvgIpc) is 2.60. The Morgan fingerprint density at radius 3 is 2.43 bits per heavy atom. The van der Waals surface area contributed by atoms with Gasteiger partial charge >= 0.3 is 0 Å². The molecule has 4 atom stereocenters. The molecule has 160 valence electrons. The van der Waals surface area contributed by atoms with E-state index in [4.69, 9.17) is 9.47 Å². The van der Waals surface area contributed by atoms with Crippen LogP contribution in [0.3, 0.4) is 0 Å². The van der Waals surface area contributed by atoms with Crippen LogP contribution in [0.15, 0.2) is 47.6 Å². The second kappa shape index (κ2) is 13.1. The van der Waals surface area contributed by atoms with Crippen LogP contribution < -0.4 is 0 Å². The SMILES string of the molecule is C=C(C)CCC=C(C)C.C=C(C)CCOC1C=C(CO)C2CCC(C)C[C@H]2O1. The number of hydrogen-bond acceptors (Lipinski definition) is 3. The first-order valence-corrected chi connectivity index (χ1v) is 10.7. The van der Waals surface area contributed by atoms with Crippen molar-refractivity contribution in [3.05, 3.63) is 47.6 Å². The third kappa shape index (κ3) is 9.86. The predicted molar refractivity (Wildman–Crippen MR) is 119 cm³/mol. The van der Waals surface area contributed by atoms with Gasteiger partial charge in [0, 0.05) is 5.92 Å². The van der Waals surface area contributed by atoms with Gasteiger partial charge in [-0.3, -0.25) is 0 Å². The Bertz CT molecular complexity index is 554. The van der Waals surface area contributed by atoms with Gasteiger partial charge in [0.15, 0.2) is 6.29 Å². The molecular weight excluding hydrogens is 348 g/mol. The Hall–Kier alpha value is -1.16. The Morgan fingerprint density at radius 1 is 1.18 bits per heavy atom. The maximum absolute atomic E-state index is 9.53. The summed E-state index contributed by atoms with van der Waals surface area (Å²) in [6, 6.07) is 0. The van der Waals surface area contributed by atoms with E-state index in [2.05, 4.69) is 46.9 Å². The number of aliphatic hydroxyl groups is 1. The summed E-state index contributed by atoms with van der Waals surface area (Å²) in [5, 5.41) is 9.53. The van der Waals surface area contributed by atoms with E-state index < -0.39 is 0 Å². The van der Waals surface area contributed by atoms with Gasteiger partial charge in [-0.05, 0) is 83.8 Å². The summed E-state index contributed by atoms with van der Waals surface area (Å²) in [5.74, 6) is 1.09. The van der Waals surface area contributed by atoms with Crippen LogP contribution in [0.2, 0.25) is 0 Å². The molecule has 1 aliphatic heterocycles. The van der Waals surface area contributed by atoms with E-state index in [-0.39, 0.29) is 19.0 Å². The summed E-state index contributed by atoms with van der Waals surface area (Å²) >= 11 is 0. The normalized spacial score (nSPS) is 26.3. The van der Waals surface area contributed by atoms with Crippen LogP contribution >= 0.6 is 0 Å². The topological polar surface area (TPSA) is 38.7 Å². The zero-order valence-corrected chi connectivity index (χ0v) is 18.8. The smallest absolute Gasteiger partial charge is 0.177 e. The van der Waals surface area contributed by atoms with Gasteiger partial charge in [-0.25, -0.2) is 0 Å². The summed E-state index contributed by atoms with van der Waals surface area (Å²) < 4.78 is 11.8. The molecule has 1 fully saturated rings. The zero-order valence-electron chi connectivity index (χ0n) is 18.8. The summed E-state index contributed by atoms with van der Waals surface area (Å²) in [7, 11) is 0. The van der Waals surface area contributed by atoms with E-state index in [1.807, 2.05) is 13.0 Å². The van der Waals surface area contributed by atoms with Gasteiger partial charge in [-0.1, -0.05) is 29.7 Å². The van der Waals surface area contributed by atoms with Gasteiger partial charge in [-0.2, -0.15) is 0 Å². The minimum atomic E-state index is -0.298. The van der Waals surface area contributed by atoms with Crippen molar-refractivity contribution in [3.8, 4) is 0 Å². The first kappa shape index (κ1) is 24.9. The van der Waals surface area contributed by atoms with Gasteiger partial charge < -0.3 is 14.6 Å².